The first-order valence-electron chi connectivity index (χ1n) is 4.39. The first-order chi connectivity index (χ1) is 6.88. The quantitative estimate of drug-likeness (QED) is 0.545. The van der Waals surface area contributed by atoms with Crippen LogP contribution in [0, 0.1) is 0 Å². The van der Waals surface area contributed by atoms with E-state index in [2.05, 4.69) is 4.98 Å². The van der Waals surface area contributed by atoms with Gasteiger partial charge in [-0.25, -0.2) is 0 Å². The number of benzene rings is 1. The van der Waals surface area contributed by atoms with E-state index in [1.807, 2.05) is 48.5 Å². The summed E-state index contributed by atoms with van der Waals surface area (Å²) in [5.41, 5.74) is 1.90. The van der Waals surface area contributed by atoms with Crippen molar-refractivity contribution in [3.8, 4) is 0 Å². The van der Waals surface area contributed by atoms with Crippen LogP contribution in [-0.2, 0) is 0 Å². The fourth-order valence-electron chi connectivity index (χ4n) is 1.23. The van der Waals surface area contributed by atoms with Crippen LogP contribution in [0.3, 0.4) is 0 Å². The molecule has 0 bridgehead atoms. The molecule has 0 N–H and O–H groups in total. The summed E-state index contributed by atoms with van der Waals surface area (Å²) in [6.45, 7) is 0. The highest BCUT2D eigenvalue weighted by molar-refractivity contribution is 7.81. The SMILES string of the molecule is S=C(c1ccccc1)c1ccccn1. The van der Waals surface area contributed by atoms with Crippen LogP contribution in [0.5, 0.6) is 0 Å². The van der Waals surface area contributed by atoms with E-state index in [1.165, 1.54) is 0 Å². The smallest absolute Gasteiger partial charge is 0.0816 e. The maximum Gasteiger partial charge on any atom is 0.0816 e. The van der Waals surface area contributed by atoms with Gasteiger partial charge in [-0.15, -0.1) is 0 Å². The Labute approximate surface area is 88.4 Å². The molecule has 0 aliphatic carbocycles. The van der Waals surface area contributed by atoms with Crippen molar-refractivity contribution in [2.24, 2.45) is 0 Å². The average Bonchev–Trinajstić information content (AvgIpc) is 2.30. The van der Waals surface area contributed by atoms with Crippen molar-refractivity contribution in [2.45, 2.75) is 0 Å². The van der Waals surface area contributed by atoms with Gasteiger partial charge in [-0.2, -0.15) is 0 Å². The molecule has 0 aliphatic rings. The molecular weight excluding hydrogens is 190 g/mol. The Morgan fingerprint density at radius 2 is 1.64 bits per heavy atom. The third-order valence-corrected chi connectivity index (χ3v) is 2.38. The van der Waals surface area contributed by atoms with E-state index in [9.17, 15) is 0 Å². The molecule has 0 saturated carbocycles. The van der Waals surface area contributed by atoms with E-state index in [0.717, 1.165) is 16.1 Å². The van der Waals surface area contributed by atoms with Crippen molar-refractivity contribution < 1.29 is 0 Å². The minimum atomic E-state index is 0.797. The molecule has 0 unspecified atom stereocenters. The zero-order chi connectivity index (χ0) is 9.80. The number of pyridine rings is 1. The minimum absolute atomic E-state index is 0.797. The van der Waals surface area contributed by atoms with Crippen molar-refractivity contribution >= 4 is 17.1 Å². The highest BCUT2D eigenvalue weighted by Gasteiger charge is 2.03. The molecule has 0 saturated heterocycles. The molecule has 0 aliphatic heterocycles. The van der Waals surface area contributed by atoms with Gasteiger partial charge >= 0.3 is 0 Å². The Balaban J connectivity index is 2.35. The van der Waals surface area contributed by atoms with Crippen LogP contribution in [0.15, 0.2) is 54.7 Å². The summed E-state index contributed by atoms with van der Waals surface area (Å²) in [5, 5.41) is 0. The minimum Gasteiger partial charge on any atom is -0.255 e. The number of nitrogens with zero attached hydrogens (tertiary/aromatic N) is 1. The van der Waals surface area contributed by atoms with Crippen LogP contribution < -0.4 is 0 Å². The van der Waals surface area contributed by atoms with Crippen LogP contribution in [0.2, 0.25) is 0 Å². The molecule has 0 radical (unpaired) electrons. The van der Waals surface area contributed by atoms with Crippen LogP contribution >= 0.6 is 12.2 Å². The molecule has 2 aromatic rings. The van der Waals surface area contributed by atoms with Crippen LogP contribution in [0.4, 0.5) is 0 Å². The molecule has 0 amide bonds. The Morgan fingerprint density at radius 3 is 2.29 bits per heavy atom. The van der Waals surface area contributed by atoms with E-state index in [0.29, 0.717) is 0 Å². The molecule has 0 atom stereocenters. The number of rotatable bonds is 2. The lowest BCUT2D eigenvalue weighted by Crippen LogP contribution is -2.01. The van der Waals surface area contributed by atoms with Gasteiger partial charge < -0.3 is 0 Å². The van der Waals surface area contributed by atoms with Crippen LogP contribution in [0.25, 0.3) is 0 Å². The summed E-state index contributed by atoms with van der Waals surface area (Å²) >= 11 is 5.32. The highest BCUT2D eigenvalue weighted by Crippen LogP contribution is 2.07. The van der Waals surface area contributed by atoms with Gasteiger partial charge in [0, 0.05) is 6.20 Å². The fourth-order valence-corrected chi connectivity index (χ4v) is 1.49. The Kier molecular flexibility index (Phi) is 2.65. The lowest BCUT2D eigenvalue weighted by Gasteiger charge is -2.01. The zero-order valence-corrected chi connectivity index (χ0v) is 8.37. The van der Waals surface area contributed by atoms with Crippen LogP contribution in [-0.4, -0.2) is 9.85 Å². The fraction of sp³-hybridized carbons (Fsp3) is 0. The largest absolute Gasteiger partial charge is 0.255 e. The summed E-state index contributed by atoms with van der Waals surface area (Å²) in [6.07, 6.45) is 1.75. The third-order valence-electron chi connectivity index (χ3n) is 1.93. The molecule has 1 aromatic carbocycles. The van der Waals surface area contributed by atoms with Gasteiger partial charge in [0.25, 0.3) is 0 Å². The molecule has 1 heterocycles. The molecular formula is C12H9NS. The lowest BCUT2D eigenvalue weighted by molar-refractivity contribution is 1.30. The van der Waals surface area contributed by atoms with Crippen molar-refractivity contribution in [3.63, 3.8) is 0 Å². The number of aromatic nitrogens is 1. The maximum absolute atomic E-state index is 5.32. The summed E-state index contributed by atoms with van der Waals surface area (Å²) in [6, 6.07) is 15.7. The number of thiocarbonyl (C=S) groups is 1. The zero-order valence-electron chi connectivity index (χ0n) is 7.55. The van der Waals surface area contributed by atoms with Gasteiger partial charge in [0.2, 0.25) is 0 Å². The van der Waals surface area contributed by atoms with Gasteiger partial charge in [0.1, 0.15) is 0 Å². The normalized spacial score (nSPS) is 9.71. The van der Waals surface area contributed by atoms with Crippen molar-refractivity contribution in [2.75, 3.05) is 0 Å². The van der Waals surface area contributed by atoms with Crippen molar-refractivity contribution in [1.29, 1.82) is 0 Å². The molecule has 2 heteroatoms. The first-order valence-corrected chi connectivity index (χ1v) is 4.79. The Bertz CT molecular complexity index is 381. The molecule has 0 spiro atoms. The average molecular weight is 199 g/mol. The summed E-state index contributed by atoms with van der Waals surface area (Å²) < 4.78 is 0. The van der Waals surface area contributed by atoms with Gasteiger partial charge in [-0.1, -0.05) is 48.6 Å². The Morgan fingerprint density at radius 1 is 0.929 bits per heavy atom. The van der Waals surface area contributed by atoms with E-state index in [4.69, 9.17) is 12.2 Å². The monoisotopic (exact) mass is 199 g/mol. The first kappa shape index (κ1) is 9.03. The molecule has 1 nitrogen and oxygen atoms in total. The van der Waals surface area contributed by atoms with Crippen molar-refractivity contribution in [3.05, 3.63) is 66.0 Å². The van der Waals surface area contributed by atoms with Gasteiger partial charge in [0.15, 0.2) is 0 Å². The van der Waals surface area contributed by atoms with Crippen molar-refractivity contribution in [1.82, 2.24) is 4.98 Å². The van der Waals surface area contributed by atoms with E-state index < -0.39 is 0 Å². The standard InChI is InChI=1S/C12H9NS/c14-12(10-6-2-1-3-7-10)11-8-4-5-9-13-11/h1-9H. The molecule has 2 rings (SSSR count). The molecule has 14 heavy (non-hydrogen) atoms. The maximum atomic E-state index is 5.32. The molecule has 0 fully saturated rings. The highest BCUT2D eigenvalue weighted by atomic mass is 32.1. The molecule has 68 valence electrons. The number of hydrogen-bond donors (Lipinski definition) is 0. The van der Waals surface area contributed by atoms with Gasteiger partial charge in [-0.3, -0.25) is 4.98 Å². The van der Waals surface area contributed by atoms with E-state index in [1.54, 1.807) is 6.20 Å². The third kappa shape index (κ3) is 1.86. The summed E-state index contributed by atoms with van der Waals surface area (Å²) in [7, 11) is 0. The summed E-state index contributed by atoms with van der Waals surface area (Å²) in [4.78, 5) is 5.01. The number of hydrogen-bond acceptors (Lipinski definition) is 2. The Hall–Kier alpha value is -1.54. The van der Waals surface area contributed by atoms with Gasteiger partial charge in [-0.05, 0) is 17.7 Å². The van der Waals surface area contributed by atoms with Crippen LogP contribution in [0.1, 0.15) is 11.3 Å². The van der Waals surface area contributed by atoms with Gasteiger partial charge in [0.05, 0.1) is 10.6 Å². The second kappa shape index (κ2) is 4.11. The molecule has 1 aromatic heterocycles. The van der Waals surface area contributed by atoms with E-state index >= 15 is 0 Å². The lowest BCUT2D eigenvalue weighted by atomic mass is 10.1. The predicted octanol–water partition coefficient (Wildman–Crippen LogP) is 2.85. The second-order valence-corrected chi connectivity index (χ2v) is 3.32. The van der Waals surface area contributed by atoms with E-state index in [-0.39, 0.29) is 0 Å². The predicted molar refractivity (Wildman–Crippen MR) is 61.5 cm³/mol. The summed E-state index contributed by atoms with van der Waals surface area (Å²) in [5.74, 6) is 0. The topological polar surface area (TPSA) is 12.9 Å². The second-order valence-electron chi connectivity index (χ2n) is 2.91.